The summed E-state index contributed by atoms with van der Waals surface area (Å²) in [7, 11) is 0. The van der Waals surface area contributed by atoms with Gasteiger partial charge in [0.2, 0.25) is 5.91 Å². The topological polar surface area (TPSA) is 29.1 Å². The van der Waals surface area contributed by atoms with Crippen LogP contribution < -0.4 is 5.32 Å². The third kappa shape index (κ3) is 5.94. The van der Waals surface area contributed by atoms with E-state index in [0.29, 0.717) is 5.75 Å². The number of carbonyl (C=O) groups excluding carboxylic acids is 1. The zero-order chi connectivity index (χ0) is 15.8. The van der Waals surface area contributed by atoms with Gasteiger partial charge in [-0.25, -0.2) is 0 Å². The molecule has 0 aliphatic rings. The average molecular weight is 313 g/mol. The Balaban J connectivity index is 1.68. The quantitative estimate of drug-likeness (QED) is 0.775. The second kappa shape index (κ2) is 8.64. The minimum atomic E-state index is 0.103. The molecular formula is C19H23NOS. The van der Waals surface area contributed by atoms with Crippen LogP contribution in [0, 0.1) is 6.92 Å². The van der Waals surface area contributed by atoms with Gasteiger partial charge in [0.25, 0.3) is 0 Å². The summed E-state index contributed by atoms with van der Waals surface area (Å²) in [5.41, 5.74) is 2.56. The third-order valence-corrected chi connectivity index (χ3v) is 4.52. The number of hydrogen-bond donors (Lipinski definition) is 1. The zero-order valence-corrected chi connectivity index (χ0v) is 14.0. The smallest absolute Gasteiger partial charge is 0.230 e. The molecule has 0 radical (unpaired) electrons. The maximum atomic E-state index is 12.0. The fourth-order valence-corrected chi connectivity index (χ4v) is 2.91. The summed E-state index contributed by atoms with van der Waals surface area (Å²) < 4.78 is 0. The van der Waals surface area contributed by atoms with E-state index in [1.54, 1.807) is 11.8 Å². The van der Waals surface area contributed by atoms with E-state index in [0.717, 1.165) is 17.7 Å². The maximum absolute atomic E-state index is 12.0. The second-order valence-corrected chi connectivity index (χ2v) is 6.64. The molecule has 0 heterocycles. The van der Waals surface area contributed by atoms with Gasteiger partial charge < -0.3 is 5.32 Å². The molecule has 0 aliphatic carbocycles. The second-order valence-electron chi connectivity index (χ2n) is 5.59. The van der Waals surface area contributed by atoms with Gasteiger partial charge in [-0.1, -0.05) is 48.0 Å². The molecule has 0 unspecified atom stereocenters. The van der Waals surface area contributed by atoms with Crippen LogP contribution in [-0.4, -0.2) is 17.7 Å². The van der Waals surface area contributed by atoms with Gasteiger partial charge in [0, 0.05) is 10.9 Å². The average Bonchev–Trinajstić information content (AvgIpc) is 2.53. The van der Waals surface area contributed by atoms with Gasteiger partial charge in [-0.05, 0) is 44.4 Å². The largest absolute Gasteiger partial charge is 0.353 e. The van der Waals surface area contributed by atoms with Crippen LogP contribution >= 0.6 is 11.8 Å². The van der Waals surface area contributed by atoms with Crippen LogP contribution in [-0.2, 0) is 11.2 Å². The van der Waals surface area contributed by atoms with E-state index in [2.05, 4.69) is 67.7 Å². The Kier molecular flexibility index (Phi) is 6.53. The monoisotopic (exact) mass is 313 g/mol. The molecule has 1 atom stereocenters. The molecule has 0 saturated carbocycles. The molecule has 2 aromatic carbocycles. The third-order valence-electron chi connectivity index (χ3n) is 3.51. The minimum absolute atomic E-state index is 0.103. The molecule has 1 N–H and O–H groups in total. The summed E-state index contributed by atoms with van der Waals surface area (Å²) in [5.74, 6) is 0.574. The lowest BCUT2D eigenvalue weighted by molar-refractivity contribution is -0.119. The zero-order valence-electron chi connectivity index (χ0n) is 13.2. The Hall–Kier alpha value is -1.74. The van der Waals surface area contributed by atoms with Crippen molar-refractivity contribution < 1.29 is 4.79 Å². The number of hydrogen-bond acceptors (Lipinski definition) is 2. The fourth-order valence-electron chi connectivity index (χ4n) is 2.20. The van der Waals surface area contributed by atoms with E-state index >= 15 is 0 Å². The van der Waals surface area contributed by atoms with Crippen molar-refractivity contribution in [1.82, 2.24) is 5.32 Å². The number of rotatable bonds is 7. The van der Waals surface area contributed by atoms with Crippen molar-refractivity contribution in [2.45, 2.75) is 37.6 Å². The lowest BCUT2D eigenvalue weighted by Crippen LogP contribution is -2.34. The predicted octanol–water partition coefficient (Wildman–Crippen LogP) is 4.22. The Morgan fingerprint density at radius 2 is 1.77 bits per heavy atom. The summed E-state index contributed by atoms with van der Waals surface area (Å²) in [5, 5.41) is 3.07. The lowest BCUT2D eigenvalue weighted by Gasteiger charge is -2.13. The normalized spacial score (nSPS) is 11.9. The predicted molar refractivity (Wildman–Crippen MR) is 94.3 cm³/mol. The van der Waals surface area contributed by atoms with Crippen LogP contribution in [0.5, 0.6) is 0 Å². The molecular weight excluding hydrogens is 290 g/mol. The van der Waals surface area contributed by atoms with Crippen molar-refractivity contribution in [3.8, 4) is 0 Å². The number of amides is 1. The van der Waals surface area contributed by atoms with Gasteiger partial charge in [-0.15, -0.1) is 11.8 Å². The highest BCUT2D eigenvalue weighted by atomic mass is 32.2. The first kappa shape index (κ1) is 16.6. The molecule has 2 aromatic rings. The van der Waals surface area contributed by atoms with E-state index in [1.165, 1.54) is 11.1 Å². The molecule has 0 saturated heterocycles. The van der Waals surface area contributed by atoms with Crippen molar-refractivity contribution in [2.75, 3.05) is 5.75 Å². The first-order valence-corrected chi connectivity index (χ1v) is 8.65. The lowest BCUT2D eigenvalue weighted by atomic mass is 10.1. The minimum Gasteiger partial charge on any atom is -0.353 e. The van der Waals surface area contributed by atoms with Crippen molar-refractivity contribution in [1.29, 1.82) is 0 Å². The standard InChI is InChI=1S/C19H23NOS/c1-15-8-12-18(13-9-15)22-14-19(21)20-16(2)10-11-17-6-4-3-5-7-17/h3-9,12-13,16H,10-11,14H2,1-2H3,(H,20,21)/t16-/m0/s1. The molecule has 2 nitrogen and oxygen atoms in total. The molecule has 0 bridgehead atoms. The number of nitrogens with one attached hydrogen (secondary N) is 1. The Bertz CT molecular complexity index is 580. The highest BCUT2D eigenvalue weighted by Gasteiger charge is 2.08. The van der Waals surface area contributed by atoms with Crippen molar-refractivity contribution in [3.05, 3.63) is 65.7 Å². The summed E-state index contributed by atoms with van der Waals surface area (Å²) in [6.07, 6.45) is 1.96. The van der Waals surface area contributed by atoms with Crippen LogP contribution in [0.4, 0.5) is 0 Å². The van der Waals surface area contributed by atoms with Gasteiger partial charge in [-0.3, -0.25) is 4.79 Å². The summed E-state index contributed by atoms with van der Waals surface area (Å²) in [6, 6.07) is 18.9. The summed E-state index contributed by atoms with van der Waals surface area (Å²) >= 11 is 1.58. The van der Waals surface area contributed by atoms with E-state index in [-0.39, 0.29) is 11.9 Å². The first-order valence-electron chi connectivity index (χ1n) is 7.66. The number of carbonyl (C=O) groups is 1. The molecule has 0 aromatic heterocycles. The molecule has 1 amide bonds. The molecule has 3 heteroatoms. The van der Waals surface area contributed by atoms with Crippen LogP contribution in [0.1, 0.15) is 24.5 Å². The molecule has 2 rings (SSSR count). The summed E-state index contributed by atoms with van der Waals surface area (Å²) in [4.78, 5) is 13.1. The van der Waals surface area contributed by atoms with Crippen molar-refractivity contribution in [3.63, 3.8) is 0 Å². The Morgan fingerprint density at radius 1 is 1.09 bits per heavy atom. The van der Waals surface area contributed by atoms with Gasteiger partial charge in [0.1, 0.15) is 0 Å². The fraction of sp³-hybridized carbons (Fsp3) is 0.316. The van der Waals surface area contributed by atoms with Gasteiger partial charge in [-0.2, -0.15) is 0 Å². The SMILES string of the molecule is Cc1ccc(SCC(=O)N[C@@H](C)CCc2ccccc2)cc1. The van der Waals surface area contributed by atoms with Crippen molar-refractivity contribution >= 4 is 17.7 Å². The van der Waals surface area contributed by atoms with Crippen LogP contribution in [0.25, 0.3) is 0 Å². The number of thioether (sulfide) groups is 1. The molecule has 0 spiro atoms. The van der Waals surface area contributed by atoms with Gasteiger partial charge >= 0.3 is 0 Å². The van der Waals surface area contributed by atoms with E-state index in [4.69, 9.17) is 0 Å². The number of aryl methyl sites for hydroxylation is 2. The number of benzene rings is 2. The van der Waals surface area contributed by atoms with E-state index in [9.17, 15) is 4.79 Å². The first-order chi connectivity index (χ1) is 10.6. The van der Waals surface area contributed by atoms with Crippen molar-refractivity contribution in [2.24, 2.45) is 0 Å². The van der Waals surface area contributed by atoms with Gasteiger partial charge in [0.05, 0.1) is 5.75 Å². The van der Waals surface area contributed by atoms with E-state index < -0.39 is 0 Å². The Labute approximate surface area is 137 Å². The molecule has 22 heavy (non-hydrogen) atoms. The van der Waals surface area contributed by atoms with Crippen LogP contribution in [0.3, 0.4) is 0 Å². The molecule has 0 fully saturated rings. The molecule has 116 valence electrons. The maximum Gasteiger partial charge on any atom is 0.230 e. The van der Waals surface area contributed by atoms with Crippen LogP contribution in [0.2, 0.25) is 0 Å². The highest BCUT2D eigenvalue weighted by Crippen LogP contribution is 2.17. The molecule has 0 aliphatic heterocycles. The highest BCUT2D eigenvalue weighted by molar-refractivity contribution is 8.00. The van der Waals surface area contributed by atoms with E-state index in [1.807, 2.05) is 6.07 Å². The van der Waals surface area contributed by atoms with Crippen LogP contribution in [0.15, 0.2) is 59.5 Å². The summed E-state index contributed by atoms with van der Waals surface area (Å²) in [6.45, 7) is 4.13. The Morgan fingerprint density at radius 3 is 2.45 bits per heavy atom. The van der Waals surface area contributed by atoms with Gasteiger partial charge in [0.15, 0.2) is 0 Å².